The second-order valence-electron chi connectivity index (χ2n) is 5.30. The molecular formula is C15H23N3O. The molecule has 1 aromatic carbocycles. The number of nitrogens with one attached hydrogen (secondary N) is 1. The monoisotopic (exact) mass is 261 g/mol. The molecule has 0 saturated carbocycles. The smallest absolute Gasteiger partial charge is 0.225 e. The molecule has 19 heavy (non-hydrogen) atoms. The van der Waals surface area contributed by atoms with Gasteiger partial charge in [0.15, 0.2) is 0 Å². The number of carbonyl (C=O) groups is 1. The quantitative estimate of drug-likeness (QED) is 0.873. The molecule has 4 heteroatoms. The Labute approximate surface area is 115 Å². The van der Waals surface area contributed by atoms with Gasteiger partial charge >= 0.3 is 0 Å². The first-order valence-electron chi connectivity index (χ1n) is 7.04. The summed E-state index contributed by atoms with van der Waals surface area (Å²) >= 11 is 0. The minimum Gasteiger partial charge on any atom is -0.372 e. The first-order chi connectivity index (χ1) is 9.19. The Balaban J connectivity index is 1.92. The van der Waals surface area contributed by atoms with Crippen LogP contribution in [0.3, 0.4) is 0 Å². The second-order valence-corrected chi connectivity index (χ2v) is 5.30. The van der Waals surface area contributed by atoms with E-state index in [0.29, 0.717) is 13.0 Å². The van der Waals surface area contributed by atoms with Gasteiger partial charge in [-0.05, 0) is 43.0 Å². The fourth-order valence-electron chi connectivity index (χ4n) is 2.38. The zero-order valence-electron chi connectivity index (χ0n) is 11.6. The molecule has 0 bridgehead atoms. The van der Waals surface area contributed by atoms with E-state index >= 15 is 0 Å². The number of nitrogens with zero attached hydrogens (tertiary/aromatic N) is 1. The number of nitrogens with two attached hydrogens (primary N) is 1. The van der Waals surface area contributed by atoms with Crippen molar-refractivity contribution in [3.05, 3.63) is 24.3 Å². The number of amides is 1. The number of hydrogen-bond donors (Lipinski definition) is 2. The highest BCUT2D eigenvalue weighted by Gasteiger charge is 2.15. The Morgan fingerprint density at radius 1 is 1.32 bits per heavy atom. The predicted octanol–water partition coefficient (Wildman–Crippen LogP) is 2.21. The van der Waals surface area contributed by atoms with Gasteiger partial charge in [0.2, 0.25) is 5.91 Å². The van der Waals surface area contributed by atoms with Gasteiger partial charge in [-0.2, -0.15) is 0 Å². The highest BCUT2D eigenvalue weighted by Crippen LogP contribution is 2.24. The van der Waals surface area contributed by atoms with E-state index in [9.17, 15) is 4.79 Å². The van der Waals surface area contributed by atoms with Crippen molar-refractivity contribution in [3.8, 4) is 0 Å². The summed E-state index contributed by atoms with van der Waals surface area (Å²) in [6, 6.07) is 8.08. The topological polar surface area (TPSA) is 58.4 Å². The first kappa shape index (κ1) is 13.9. The molecule has 4 nitrogen and oxygen atoms in total. The summed E-state index contributed by atoms with van der Waals surface area (Å²) in [7, 11) is 0. The standard InChI is InChI=1S/C15H23N3O/c1-12-7-10-18(11-8-12)14-4-2-13(3-5-14)17-15(19)6-9-16/h2-5,12H,6-11,16H2,1H3,(H,17,19). The van der Waals surface area contributed by atoms with Gasteiger partial charge < -0.3 is 16.0 Å². The fourth-order valence-corrected chi connectivity index (χ4v) is 2.38. The van der Waals surface area contributed by atoms with E-state index in [0.717, 1.165) is 24.7 Å². The summed E-state index contributed by atoms with van der Waals surface area (Å²) in [4.78, 5) is 13.8. The van der Waals surface area contributed by atoms with E-state index in [1.54, 1.807) is 0 Å². The third-order valence-electron chi connectivity index (χ3n) is 3.67. The third kappa shape index (κ3) is 3.96. The average molecular weight is 261 g/mol. The van der Waals surface area contributed by atoms with Crippen LogP contribution in [0.5, 0.6) is 0 Å². The van der Waals surface area contributed by atoms with Crippen molar-refractivity contribution in [1.29, 1.82) is 0 Å². The van der Waals surface area contributed by atoms with Crippen molar-refractivity contribution in [2.24, 2.45) is 11.7 Å². The maximum absolute atomic E-state index is 11.4. The van der Waals surface area contributed by atoms with Gasteiger partial charge in [0.1, 0.15) is 0 Å². The molecular weight excluding hydrogens is 238 g/mol. The van der Waals surface area contributed by atoms with Crippen molar-refractivity contribution < 1.29 is 4.79 Å². The Bertz CT molecular complexity index is 408. The Kier molecular flexibility index (Phi) is 4.80. The second kappa shape index (κ2) is 6.57. The van der Waals surface area contributed by atoms with Gasteiger partial charge in [-0.3, -0.25) is 4.79 Å². The SMILES string of the molecule is CC1CCN(c2ccc(NC(=O)CCN)cc2)CC1. The van der Waals surface area contributed by atoms with Crippen LogP contribution < -0.4 is 16.0 Å². The van der Waals surface area contributed by atoms with Crippen LogP contribution in [0.1, 0.15) is 26.2 Å². The van der Waals surface area contributed by atoms with Crippen LogP contribution in [0.15, 0.2) is 24.3 Å². The van der Waals surface area contributed by atoms with Crippen LogP contribution in [0.25, 0.3) is 0 Å². The molecule has 1 fully saturated rings. The molecule has 3 N–H and O–H groups in total. The molecule has 1 amide bonds. The highest BCUT2D eigenvalue weighted by molar-refractivity contribution is 5.90. The van der Waals surface area contributed by atoms with Crippen LogP contribution in [0.2, 0.25) is 0 Å². The summed E-state index contributed by atoms with van der Waals surface area (Å²) in [5.74, 6) is 0.813. The summed E-state index contributed by atoms with van der Waals surface area (Å²) in [6.45, 7) is 4.95. The molecule has 0 aromatic heterocycles. The lowest BCUT2D eigenvalue weighted by Crippen LogP contribution is -2.32. The highest BCUT2D eigenvalue weighted by atomic mass is 16.1. The lowest BCUT2D eigenvalue weighted by atomic mass is 9.99. The Morgan fingerprint density at radius 3 is 2.53 bits per heavy atom. The van der Waals surface area contributed by atoms with Gasteiger partial charge in [-0.1, -0.05) is 6.92 Å². The van der Waals surface area contributed by atoms with Crippen LogP contribution in [-0.4, -0.2) is 25.5 Å². The fraction of sp³-hybridized carbons (Fsp3) is 0.533. The van der Waals surface area contributed by atoms with Gasteiger partial charge in [-0.25, -0.2) is 0 Å². The minimum atomic E-state index is -0.0259. The lowest BCUT2D eigenvalue weighted by Gasteiger charge is -2.32. The largest absolute Gasteiger partial charge is 0.372 e. The maximum Gasteiger partial charge on any atom is 0.225 e. The summed E-state index contributed by atoms with van der Waals surface area (Å²) in [5, 5.41) is 2.84. The summed E-state index contributed by atoms with van der Waals surface area (Å²) in [6.07, 6.45) is 2.88. The molecule has 0 spiro atoms. The number of benzene rings is 1. The third-order valence-corrected chi connectivity index (χ3v) is 3.67. The molecule has 104 valence electrons. The van der Waals surface area contributed by atoms with Crippen molar-refractivity contribution in [2.75, 3.05) is 29.9 Å². The zero-order valence-corrected chi connectivity index (χ0v) is 11.6. The van der Waals surface area contributed by atoms with Crippen LogP contribution in [0.4, 0.5) is 11.4 Å². The molecule has 0 radical (unpaired) electrons. The molecule has 0 atom stereocenters. The predicted molar refractivity (Wildman–Crippen MR) is 79.4 cm³/mol. The van der Waals surface area contributed by atoms with E-state index in [1.165, 1.54) is 18.5 Å². The molecule has 1 saturated heterocycles. The average Bonchev–Trinajstić information content (AvgIpc) is 2.41. The summed E-state index contributed by atoms with van der Waals surface area (Å²) < 4.78 is 0. The van der Waals surface area contributed by atoms with E-state index in [1.807, 2.05) is 12.1 Å². The normalized spacial score (nSPS) is 16.4. The van der Waals surface area contributed by atoms with Gasteiger partial charge in [0, 0.05) is 37.4 Å². The minimum absolute atomic E-state index is 0.0259. The van der Waals surface area contributed by atoms with Crippen LogP contribution in [0, 0.1) is 5.92 Å². The van der Waals surface area contributed by atoms with Crippen molar-refractivity contribution >= 4 is 17.3 Å². The first-order valence-corrected chi connectivity index (χ1v) is 7.04. The van der Waals surface area contributed by atoms with Gasteiger partial charge in [0.25, 0.3) is 0 Å². The molecule has 1 heterocycles. The van der Waals surface area contributed by atoms with Gasteiger partial charge in [0.05, 0.1) is 0 Å². The number of hydrogen-bond acceptors (Lipinski definition) is 3. The van der Waals surface area contributed by atoms with Crippen LogP contribution in [-0.2, 0) is 4.79 Å². The van der Waals surface area contributed by atoms with E-state index < -0.39 is 0 Å². The molecule has 1 aliphatic heterocycles. The van der Waals surface area contributed by atoms with Crippen LogP contribution >= 0.6 is 0 Å². The lowest BCUT2D eigenvalue weighted by molar-refractivity contribution is -0.116. The van der Waals surface area contributed by atoms with E-state index in [-0.39, 0.29) is 5.91 Å². The zero-order chi connectivity index (χ0) is 13.7. The molecule has 1 aromatic rings. The van der Waals surface area contributed by atoms with Gasteiger partial charge in [-0.15, -0.1) is 0 Å². The molecule has 2 rings (SSSR count). The van der Waals surface area contributed by atoms with Crippen molar-refractivity contribution in [1.82, 2.24) is 0 Å². The molecule has 0 unspecified atom stereocenters. The number of carbonyl (C=O) groups excluding carboxylic acids is 1. The number of rotatable bonds is 4. The molecule has 1 aliphatic rings. The number of anilines is 2. The van der Waals surface area contributed by atoms with E-state index in [4.69, 9.17) is 5.73 Å². The summed E-state index contributed by atoms with van der Waals surface area (Å²) in [5.41, 5.74) is 7.43. The van der Waals surface area contributed by atoms with E-state index in [2.05, 4.69) is 29.3 Å². The van der Waals surface area contributed by atoms with Crippen molar-refractivity contribution in [3.63, 3.8) is 0 Å². The Morgan fingerprint density at radius 2 is 1.95 bits per heavy atom. The Hall–Kier alpha value is -1.55. The maximum atomic E-state index is 11.4. The van der Waals surface area contributed by atoms with Crippen molar-refractivity contribution in [2.45, 2.75) is 26.2 Å². The molecule has 0 aliphatic carbocycles. The number of piperidine rings is 1.